The van der Waals surface area contributed by atoms with Crippen molar-refractivity contribution in [3.63, 3.8) is 0 Å². The van der Waals surface area contributed by atoms with Gasteiger partial charge in [-0.15, -0.1) is 0 Å². The summed E-state index contributed by atoms with van der Waals surface area (Å²) in [6, 6.07) is 8.42. The van der Waals surface area contributed by atoms with Gasteiger partial charge in [0.25, 0.3) is 0 Å². The number of fused-ring (bicyclic) bond motifs is 1. The molecule has 4 heterocycles. The van der Waals surface area contributed by atoms with E-state index in [0.717, 1.165) is 33.8 Å². The lowest BCUT2D eigenvalue weighted by atomic mass is 10.1. The van der Waals surface area contributed by atoms with Crippen molar-refractivity contribution in [1.29, 1.82) is 0 Å². The van der Waals surface area contributed by atoms with Crippen LogP contribution in [-0.2, 0) is 6.54 Å². The fourth-order valence-electron chi connectivity index (χ4n) is 2.95. The minimum Gasteiger partial charge on any atom is -0.366 e. The first kappa shape index (κ1) is 15.4. The SMILES string of the molecule is CC(C)n1ccnc1-c1cc(NCc2cccnc2)nc2[nH]ccc12. The molecule has 6 nitrogen and oxygen atoms in total. The van der Waals surface area contributed by atoms with E-state index in [1.807, 2.05) is 43.0 Å². The number of imidazole rings is 1. The van der Waals surface area contributed by atoms with Crippen LogP contribution >= 0.6 is 0 Å². The summed E-state index contributed by atoms with van der Waals surface area (Å²) in [5.74, 6) is 1.76. The number of aromatic amines is 1. The van der Waals surface area contributed by atoms with Gasteiger partial charge in [0.05, 0.1) is 0 Å². The second-order valence-corrected chi connectivity index (χ2v) is 6.26. The van der Waals surface area contributed by atoms with Crippen LogP contribution in [0.1, 0.15) is 25.5 Å². The fraction of sp³-hybridized carbons (Fsp3) is 0.211. The summed E-state index contributed by atoms with van der Waals surface area (Å²) in [4.78, 5) is 16.6. The van der Waals surface area contributed by atoms with Gasteiger partial charge in [-0.25, -0.2) is 9.97 Å². The zero-order chi connectivity index (χ0) is 17.2. The van der Waals surface area contributed by atoms with Gasteiger partial charge in [-0.2, -0.15) is 0 Å². The molecule has 0 aliphatic rings. The van der Waals surface area contributed by atoms with Crippen LogP contribution in [-0.4, -0.2) is 24.5 Å². The summed E-state index contributed by atoms with van der Waals surface area (Å²) in [7, 11) is 0. The van der Waals surface area contributed by atoms with Crippen LogP contribution in [0.3, 0.4) is 0 Å². The summed E-state index contributed by atoms with van der Waals surface area (Å²) in [5, 5.41) is 4.46. The smallest absolute Gasteiger partial charge is 0.141 e. The molecule has 0 amide bonds. The van der Waals surface area contributed by atoms with E-state index >= 15 is 0 Å². The third-order valence-electron chi connectivity index (χ3n) is 4.19. The Morgan fingerprint density at radius 3 is 2.96 bits per heavy atom. The van der Waals surface area contributed by atoms with Gasteiger partial charge >= 0.3 is 0 Å². The van der Waals surface area contributed by atoms with Crippen molar-refractivity contribution in [3.8, 4) is 11.4 Å². The van der Waals surface area contributed by atoms with Gasteiger partial charge in [0, 0.05) is 54.5 Å². The largest absolute Gasteiger partial charge is 0.366 e. The first-order valence-electron chi connectivity index (χ1n) is 8.36. The number of hydrogen-bond donors (Lipinski definition) is 2. The first-order chi connectivity index (χ1) is 12.2. The van der Waals surface area contributed by atoms with E-state index in [9.17, 15) is 0 Å². The summed E-state index contributed by atoms with van der Waals surface area (Å²) in [6.45, 7) is 4.98. The molecule has 0 aliphatic carbocycles. The molecule has 4 rings (SSSR count). The molecular weight excluding hydrogens is 312 g/mol. The normalized spacial score (nSPS) is 11.3. The number of anilines is 1. The molecular formula is C19H20N6. The Morgan fingerprint density at radius 1 is 1.24 bits per heavy atom. The zero-order valence-electron chi connectivity index (χ0n) is 14.3. The predicted molar refractivity (Wildman–Crippen MR) is 99.3 cm³/mol. The number of H-pyrrole nitrogens is 1. The lowest BCUT2D eigenvalue weighted by molar-refractivity contribution is 0.607. The van der Waals surface area contributed by atoms with Crippen LogP contribution in [0.2, 0.25) is 0 Å². The van der Waals surface area contributed by atoms with Crippen LogP contribution in [0.25, 0.3) is 22.4 Å². The molecule has 0 fully saturated rings. The lowest BCUT2D eigenvalue weighted by Gasteiger charge is -2.13. The number of pyridine rings is 2. The Bertz CT molecular complexity index is 984. The van der Waals surface area contributed by atoms with E-state index in [-0.39, 0.29) is 0 Å². The van der Waals surface area contributed by atoms with Crippen molar-refractivity contribution in [2.45, 2.75) is 26.4 Å². The topological polar surface area (TPSA) is 71.4 Å². The summed E-state index contributed by atoms with van der Waals surface area (Å²) < 4.78 is 2.17. The maximum absolute atomic E-state index is 4.67. The molecule has 4 aromatic rings. The van der Waals surface area contributed by atoms with Gasteiger partial charge in [0.15, 0.2) is 0 Å². The summed E-state index contributed by atoms with van der Waals surface area (Å²) in [6.07, 6.45) is 9.40. The van der Waals surface area contributed by atoms with E-state index in [0.29, 0.717) is 12.6 Å². The van der Waals surface area contributed by atoms with Crippen LogP contribution in [0.15, 0.2) is 55.2 Å². The number of rotatable bonds is 5. The first-order valence-corrected chi connectivity index (χ1v) is 8.36. The molecule has 126 valence electrons. The third-order valence-corrected chi connectivity index (χ3v) is 4.19. The van der Waals surface area contributed by atoms with Crippen LogP contribution < -0.4 is 5.32 Å². The van der Waals surface area contributed by atoms with Crippen molar-refractivity contribution in [2.24, 2.45) is 0 Å². The molecule has 0 radical (unpaired) electrons. The molecule has 6 heteroatoms. The highest BCUT2D eigenvalue weighted by molar-refractivity contribution is 5.93. The maximum atomic E-state index is 4.67. The zero-order valence-corrected chi connectivity index (χ0v) is 14.3. The molecule has 25 heavy (non-hydrogen) atoms. The highest BCUT2D eigenvalue weighted by Crippen LogP contribution is 2.30. The molecule has 0 saturated carbocycles. The highest BCUT2D eigenvalue weighted by Gasteiger charge is 2.14. The maximum Gasteiger partial charge on any atom is 0.141 e. The van der Waals surface area contributed by atoms with Gasteiger partial charge in [0.1, 0.15) is 17.3 Å². The number of nitrogens with zero attached hydrogens (tertiary/aromatic N) is 4. The van der Waals surface area contributed by atoms with Gasteiger partial charge < -0.3 is 14.9 Å². The molecule has 0 bridgehead atoms. The third kappa shape index (κ3) is 2.98. The minimum atomic E-state index is 0.339. The summed E-state index contributed by atoms with van der Waals surface area (Å²) in [5.41, 5.74) is 3.03. The molecule has 4 aromatic heterocycles. The van der Waals surface area contributed by atoms with Crippen molar-refractivity contribution >= 4 is 16.9 Å². The van der Waals surface area contributed by atoms with Crippen LogP contribution in [0.5, 0.6) is 0 Å². The molecule has 0 unspecified atom stereocenters. The highest BCUT2D eigenvalue weighted by atomic mass is 15.1. The Hall–Kier alpha value is -3.15. The van der Waals surface area contributed by atoms with E-state index in [1.54, 1.807) is 6.20 Å². The lowest BCUT2D eigenvalue weighted by Crippen LogP contribution is -2.05. The average molecular weight is 332 g/mol. The van der Waals surface area contributed by atoms with E-state index in [1.165, 1.54) is 0 Å². The molecule has 2 N–H and O–H groups in total. The molecule has 0 saturated heterocycles. The van der Waals surface area contributed by atoms with Gasteiger partial charge in [-0.3, -0.25) is 4.98 Å². The summed E-state index contributed by atoms with van der Waals surface area (Å²) >= 11 is 0. The molecule has 0 atom stereocenters. The average Bonchev–Trinajstić information content (AvgIpc) is 3.29. The van der Waals surface area contributed by atoms with E-state index in [2.05, 4.69) is 49.7 Å². The Labute approximate surface area is 146 Å². The van der Waals surface area contributed by atoms with Gasteiger partial charge in [0.2, 0.25) is 0 Å². The minimum absolute atomic E-state index is 0.339. The number of hydrogen-bond acceptors (Lipinski definition) is 4. The van der Waals surface area contributed by atoms with Crippen LogP contribution in [0.4, 0.5) is 5.82 Å². The van der Waals surface area contributed by atoms with E-state index < -0.39 is 0 Å². The predicted octanol–water partition coefficient (Wildman–Crippen LogP) is 4.01. The molecule has 0 aliphatic heterocycles. The second kappa shape index (κ2) is 6.39. The Morgan fingerprint density at radius 2 is 2.16 bits per heavy atom. The van der Waals surface area contributed by atoms with Crippen LogP contribution in [0, 0.1) is 0 Å². The van der Waals surface area contributed by atoms with E-state index in [4.69, 9.17) is 0 Å². The molecule has 0 aromatic carbocycles. The second-order valence-electron chi connectivity index (χ2n) is 6.26. The van der Waals surface area contributed by atoms with Gasteiger partial charge in [-0.05, 0) is 37.6 Å². The number of aromatic nitrogens is 5. The van der Waals surface area contributed by atoms with Gasteiger partial charge in [-0.1, -0.05) is 6.07 Å². The fourth-order valence-corrected chi connectivity index (χ4v) is 2.95. The van der Waals surface area contributed by atoms with Crippen molar-refractivity contribution in [2.75, 3.05) is 5.32 Å². The Kier molecular flexibility index (Phi) is 3.93. The Balaban J connectivity index is 1.73. The monoisotopic (exact) mass is 332 g/mol. The molecule has 0 spiro atoms. The standard InChI is InChI=1S/C19H20N6/c1-13(2)25-9-8-22-19(25)16-10-17(24-18-15(16)5-7-21-18)23-12-14-4-3-6-20-11-14/h3-11,13H,12H2,1-2H3,(H2,21,23,24). The van der Waals surface area contributed by atoms with Crippen molar-refractivity contribution in [3.05, 3.63) is 60.8 Å². The quantitative estimate of drug-likeness (QED) is 0.579. The number of nitrogens with one attached hydrogen (secondary N) is 2. The van der Waals surface area contributed by atoms with Crippen molar-refractivity contribution < 1.29 is 0 Å². The van der Waals surface area contributed by atoms with Crippen molar-refractivity contribution in [1.82, 2.24) is 24.5 Å².